The summed E-state index contributed by atoms with van der Waals surface area (Å²) in [5, 5.41) is 14.7. The van der Waals surface area contributed by atoms with E-state index in [1.165, 1.54) is 0 Å². The Bertz CT molecular complexity index is 1020. The third kappa shape index (κ3) is 5.56. The molecule has 2 aromatic carbocycles. The number of hydrogen-bond donors (Lipinski definition) is 2. The lowest BCUT2D eigenvalue weighted by Gasteiger charge is -2.07. The van der Waals surface area contributed by atoms with Crippen molar-refractivity contribution in [2.45, 2.75) is 19.8 Å². The highest BCUT2D eigenvalue weighted by atomic mass is 35.5. The number of anilines is 1. The minimum absolute atomic E-state index is 0.135. The first-order chi connectivity index (χ1) is 13.9. The molecule has 0 spiro atoms. The van der Waals surface area contributed by atoms with Crippen molar-refractivity contribution in [3.05, 3.63) is 70.0 Å². The highest BCUT2D eigenvalue weighted by Gasteiger charge is 2.17. The Morgan fingerprint density at radius 3 is 2.55 bits per heavy atom. The molecule has 9 heteroatoms. The third-order valence-electron chi connectivity index (χ3n) is 4.16. The largest absolute Gasteiger partial charge is 0.351 e. The predicted molar refractivity (Wildman–Crippen MR) is 113 cm³/mol. The lowest BCUT2D eigenvalue weighted by molar-refractivity contribution is -0.116. The zero-order valence-corrected chi connectivity index (χ0v) is 17.2. The summed E-state index contributed by atoms with van der Waals surface area (Å²) in [5.74, 6) is -0.474. The van der Waals surface area contributed by atoms with Crippen LogP contribution in [0, 0.1) is 6.92 Å². The van der Waals surface area contributed by atoms with Crippen LogP contribution in [0.25, 0.3) is 5.69 Å². The Balaban J connectivity index is 1.48. The van der Waals surface area contributed by atoms with Crippen LogP contribution in [0.4, 0.5) is 5.69 Å². The Hall–Kier alpha value is -2.90. The number of hydrogen-bond acceptors (Lipinski definition) is 4. The summed E-state index contributed by atoms with van der Waals surface area (Å²) in [6.45, 7) is 2.10. The van der Waals surface area contributed by atoms with Crippen LogP contribution in [0.15, 0.2) is 48.5 Å². The average molecular weight is 432 g/mol. The van der Waals surface area contributed by atoms with Crippen LogP contribution < -0.4 is 10.6 Å². The Kier molecular flexibility index (Phi) is 6.85. The van der Waals surface area contributed by atoms with Gasteiger partial charge in [0.1, 0.15) is 0 Å². The quantitative estimate of drug-likeness (QED) is 0.552. The van der Waals surface area contributed by atoms with Gasteiger partial charge in [-0.3, -0.25) is 9.59 Å². The van der Waals surface area contributed by atoms with Gasteiger partial charge in [-0.15, -0.1) is 5.10 Å². The third-order valence-corrected chi connectivity index (χ3v) is 4.64. The van der Waals surface area contributed by atoms with Crippen molar-refractivity contribution < 1.29 is 9.59 Å². The maximum atomic E-state index is 12.4. The summed E-state index contributed by atoms with van der Waals surface area (Å²) in [6, 6.07) is 14.0. The molecule has 0 aliphatic heterocycles. The van der Waals surface area contributed by atoms with E-state index < -0.39 is 0 Å². The molecule has 0 radical (unpaired) electrons. The van der Waals surface area contributed by atoms with Crippen LogP contribution >= 0.6 is 23.2 Å². The zero-order valence-electron chi connectivity index (χ0n) is 15.7. The molecule has 150 valence electrons. The van der Waals surface area contributed by atoms with Crippen molar-refractivity contribution in [1.29, 1.82) is 0 Å². The molecular formula is C20H19Cl2N5O2. The Labute approximate surface area is 178 Å². The molecule has 2 N–H and O–H groups in total. The summed E-state index contributed by atoms with van der Waals surface area (Å²) in [4.78, 5) is 24.3. The second-order valence-electron chi connectivity index (χ2n) is 6.33. The molecule has 0 saturated carbocycles. The summed E-state index contributed by atoms with van der Waals surface area (Å²) in [6.07, 6.45) is 0.768. The van der Waals surface area contributed by atoms with Crippen LogP contribution in [0.1, 0.15) is 29.0 Å². The van der Waals surface area contributed by atoms with Gasteiger partial charge in [-0.25, -0.2) is 4.68 Å². The van der Waals surface area contributed by atoms with E-state index in [0.29, 0.717) is 34.4 Å². The summed E-state index contributed by atoms with van der Waals surface area (Å²) in [7, 11) is 0. The molecule has 1 heterocycles. The zero-order chi connectivity index (χ0) is 20.8. The summed E-state index contributed by atoms with van der Waals surface area (Å²) in [5.41, 5.74) is 2.23. The van der Waals surface area contributed by atoms with E-state index in [1.807, 2.05) is 6.07 Å². The lowest BCUT2D eigenvalue weighted by atomic mass is 10.2. The van der Waals surface area contributed by atoms with E-state index in [-0.39, 0.29) is 23.9 Å². The first kappa shape index (κ1) is 20.8. The second-order valence-corrected chi connectivity index (χ2v) is 7.20. The molecule has 0 fully saturated rings. The minimum Gasteiger partial charge on any atom is -0.351 e. The summed E-state index contributed by atoms with van der Waals surface area (Å²) >= 11 is 11.8. The molecule has 1 aromatic heterocycles. The number of nitrogens with one attached hydrogen (secondary N) is 2. The summed E-state index contributed by atoms with van der Waals surface area (Å²) < 4.78 is 1.56. The van der Waals surface area contributed by atoms with Gasteiger partial charge >= 0.3 is 0 Å². The Morgan fingerprint density at radius 2 is 1.83 bits per heavy atom. The van der Waals surface area contributed by atoms with E-state index in [2.05, 4.69) is 20.9 Å². The monoisotopic (exact) mass is 431 g/mol. The Morgan fingerprint density at radius 1 is 1.07 bits per heavy atom. The highest BCUT2D eigenvalue weighted by molar-refractivity contribution is 6.31. The normalized spacial score (nSPS) is 10.6. The maximum Gasteiger partial charge on any atom is 0.273 e. The van der Waals surface area contributed by atoms with E-state index in [9.17, 15) is 9.59 Å². The van der Waals surface area contributed by atoms with Gasteiger partial charge < -0.3 is 10.6 Å². The number of benzene rings is 2. The lowest BCUT2D eigenvalue weighted by Crippen LogP contribution is -2.26. The first-order valence-corrected chi connectivity index (χ1v) is 9.71. The van der Waals surface area contributed by atoms with Gasteiger partial charge in [-0.2, -0.15) is 0 Å². The number of nitrogens with zero attached hydrogens (tertiary/aromatic N) is 3. The standard InChI is InChI=1S/C20H19Cl2N5O2/c1-13-19(25-26-27(13)17-5-2-4-15(22)12-17)20(29)23-11-3-6-18(28)24-16-9-7-14(21)8-10-16/h2,4-5,7-10,12H,3,6,11H2,1H3,(H,23,29)(H,24,28). The van der Waals surface area contributed by atoms with Gasteiger partial charge in [0.05, 0.1) is 11.4 Å². The van der Waals surface area contributed by atoms with Crippen molar-refractivity contribution in [1.82, 2.24) is 20.3 Å². The molecule has 3 rings (SSSR count). The van der Waals surface area contributed by atoms with Crippen LogP contribution in [0.5, 0.6) is 0 Å². The van der Waals surface area contributed by atoms with Gasteiger partial charge in [0.25, 0.3) is 5.91 Å². The highest BCUT2D eigenvalue weighted by Crippen LogP contribution is 2.17. The van der Waals surface area contributed by atoms with Gasteiger partial charge in [0, 0.05) is 28.7 Å². The van der Waals surface area contributed by atoms with E-state index in [0.717, 1.165) is 5.69 Å². The van der Waals surface area contributed by atoms with Gasteiger partial charge in [0.15, 0.2) is 5.69 Å². The van der Waals surface area contributed by atoms with Gasteiger partial charge in [-0.05, 0) is 55.8 Å². The van der Waals surface area contributed by atoms with Crippen molar-refractivity contribution in [3.63, 3.8) is 0 Å². The minimum atomic E-state index is -0.339. The molecule has 2 amide bonds. The fourth-order valence-electron chi connectivity index (χ4n) is 2.68. The maximum absolute atomic E-state index is 12.4. The molecule has 0 bridgehead atoms. The first-order valence-electron chi connectivity index (χ1n) is 8.96. The second kappa shape index (κ2) is 9.54. The molecule has 0 saturated heterocycles. The molecule has 29 heavy (non-hydrogen) atoms. The molecule has 0 aliphatic carbocycles. The number of halogens is 2. The molecule has 0 atom stereocenters. The van der Waals surface area contributed by atoms with Gasteiger partial charge in [0.2, 0.25) is 5.91 Å². The number of aromatic nitrogens is 3. The van der Waals surface area contributed by atoms with Crippen LogP contribution in [0.3, 0.4) is 0 Å². The van der Waals surface area contributed by atoms with Crippen LogP contribution in [0.2, 0.25) is 10.0 Å². The van der Waals surface area contributed by atoms with E-state index in [1.54, 1.807) is 54.1 Å². The molecule has 0 unspecified atom stereocenters. The van der Waals surface area contributed by atoms with Gasteiger partial charge in [-0.1, -0.05) is 34.5 Å². The predicted octanol–water partition coefficient (Wildman–Crippen LogP) is 4.03. The van der Waals surface area contributed by atoms with Crippen molar-refractivity contribution in [3.8, 4) is 5.69 Å². The van der Waals surface area contributed by atoms with Crippen molar-refractivity contribution in [2.75, 3.05) is 11.9 Å². The van der Waals surface area contributed by atoms with Crippen LogP contribution in [-0.2, 0) is 4.79 Å². The van der Waals surface area contributed by atoms with Crippen molar-refractivity contribution in [2.24, 2.45) is 0 Å². The van der Waals surface area contributed by atoms with Crippen LogP contribution in [-0.4, -0.2) is 33.4 Å². The number of carbonyl (C=O) groups excluding carboxylic acids is 2. The van der Waals surface area contributed by atoms with Crippen molar-refractivity contribution >= 4 is 40.7 Å². The molecule has 0 aliphatic rings. The topological polar surface area (TPSA) is 88.9 Å². The molecule has 3 aromatic rings. The number of carbonyl (C=O) groups is 2. The van der Waals surface area contributed by atoms with E-state index in [4.69, 9.17) is 23.2 Å². The smallest absolute Gasteiger partial charge is 0.273 e. The SMILES string of the molecule is Cc1c(C(=O)NCCCC(=O)Nc2ccc(Cl)cc2)nnn1-c1cccc(Cl)c1. The van der Waals surface area contributed by atoms with E-state index >= 15 is 0 Å². The molecule has 7 nitrogen and oxygen atoms in total. The average Bonchev–Trinajstić information content (AvgIpc) is 3.08. The fraction of sp³-hybridized carbons (Fsp3) is 0.200. The number of amides is 2. The number of rotatable bonds is 7. The fourth-order valence-corrected chi connectivity index (χ4v) is 2.99. The molecular weight excluding hydrogens is 413 g/mol.